The quantitative estimate of drug-likeness (QED) is 0.428. The summed E-state index contributed by atoms with van der Waals surface area (Å²) < 4.78 is 16.4. The Morgan fingerprint density at radius 2 is 1.81 bits per heavy atom. The molecule has 0 saturated heterocycles. The number of nitrogens with two attached hydrogens (primary N) is 1. The van der Waals surface area contributed by atoms with Crippen molar-refractivity contribution in [1.82, 2.24) is 4.98 Å². The normalized spacial score (nSPS) is 11.8. The van der Waals surface area contributed by atoms with Gasteiger partial charge >= 0.3 is 5.97 Å². The van der Waals surface area contributed by atoms with Gasteiger partial charge < -0.3 is 19.9 Å². The molecule has 1 aromatic carbocycles. The van der Waals surface area contributed by atoms with E-state index in [1.165, 1.54) is 11.3 Å². The molecule has 3 aromatic rings. The third-order valence-corrected chi connectivity index (χ3v) is 6.50. The maximum absolute atomic E-state index is 12.6. The van der Waals surface area contributed by atoms with Crippen molar-refractivity contribution in [3.05, 3.63) is 73.7 Å². The van der Waals surface area contributed by atoms with Crippen LogP contribution in [0.1, 0.15) is 31.6 Å². The van der Waals surface area contributed by atoms with Crippen molar-refractivity contribution >= 4 is 40.5 Å². The Hall–Kier alpha value is -2.32. The van der Waals surface area contributed by atoms with Crippen LogP contribution >= 0.6 is 34.5 Å². The highest BCUT2D eigenvalue weighted by atomic mass is 35.5. The third-order valence-electron chi connectivity index (χ3n) is 4.76. The van der Waals surface area contributed by atoms with Gasteiger partial charge in [0.25, 0.3) is 0 Å². The first kappa shape index (κ1) is 23.3. The van der Waals surface area contributed by atoms with Crippen molar-refractivity contribution in [3.63, 3.8) is 0 Å². The predicted molar refractivity (Wildman–Crippen MR) is 123 cm³/mol. The predicted octanol–water partition coefficient (Wildman–Crippen LogP) is 5.11. The molecule has 0 amide bonds. The molecule has 0 saturated carbocycles. The summed E-state index contributed by atoms with van der Waals surface area (Å²) in [6.07, 6.45) is 3.53. The van der Waals surface area contributed by atoms with Crippen molar-refractivity contribution in [3.8, 4) is 11.5 Å². The second-order valence-electron chi connectivity index (χ2n) is 6.67. The molecule has 0 aliphatic rings. The number of hydrogen-bond donors (Lipinski definition) is 1. The Balaban J connectivity index is 1.87. The topological polar surface area (TPSA) is 83.7 Å². The summed E-state index contributed by atoms with van der Waals surface area (Å²) in [6, 6.07) is 9.12. The Bertz CT molecular complexity index is 1040. The highest BCUT2D eigenvalue weighted by molar-refractivity contribution is 7.13. The van der Waals surface area contributed by atoms with Crippen LogP contribution in [-0.4, -0.2) is 31.8 Å². The molecular formula is C22H22Cl2N2O4S. The molecule has 2 aromatic heterocycles. The van der Waals surface area contributed by atoms with Gasteiger partial charge in [0, 0.05) is 29.7 Å². The van der Waals surface area contributed by atoms with Crippen molar-refractivity contribution < 1.29 is 19.0 Å². The van der Waals surface area contributed by atoms with Gasteiger partial charge in [-0.25, -0.2) is 4.79 Å². The lowest BCUT2D eigenvalue weighted by atomic mass is 9.92. The van der Waals surface area contributed by atoms with Gasteiger partial charge in [-0.1, -0.05) is 29.3 Å². The minimum Gasteiger partial charge on any atom is -0.493 e. The number of nitrogens with zero attached hydrogens (tertiary/aromatic N) is 1. The summed E-state index contributed by atoms with van der Waals surface area (Å²) in [7, 11) is 3.14. The zero-order valence-electron chi connectivity index (χ0n) is 17.1. The number of benzene rings is 1. The van der Waals surface area contributed by atoms with Crippen LogP contribution in [-0.2, 0) is 17.7 Å². The number of pyridine rings is 1. The number of aromatic nitrogens is 1. The molecule has 1 atom stereocenters. The van der Waals surface area contributed by atoms with Crippen LogP contribution in [0.3, 0.4) is 0 Å². The molecule has 6 nitrogen and oxygen atoms in total. The summed E-state index contributed by atoms with van der Waals surface area (Å²) in [6.45, 7) is 0.504. The first-order valence-electron chi connectivity index (χ1n) is 9.42. The Kier molecular flexibility index (Phi) is 8.15. The van der Waals surface area contributed by atoms with Crippen LogP contribution in [0.2, 0.25) is 10.0 Å². The molecule has 0 radical (unpaired) electrons. The van der Waals surface area contributed by atoms with E-state index in [2.05, 4.69) is 4.98 Å². The fraction of sp³-hybridized carbons (Fsp3) is 0.273. The molecule has 9 heteroatoms. The zero-order chi connectivity index (χ0) is 22.4. The molecule has 0 fully saturated rings. The van der Waals surface area contributed by atoms with Crippen LogP contribution in [0, 0.1) is 0 Å². The second kappa shape index (κ2) is 10.8. The van der Waals surface area contributed by atoms with Gasteiger partial charge in [-0.05, 0) is 41.8 Å². The van der Waals surface area contributed by atoms with E-state index in [0.29, 0.717) is 39.4 Å². The van der Waals surface area contributed by atoms with Crippen molar-refractivity contribution in [1.29, 1.82) is 0 Å². The molecule has 164 valence electrons. The lowest BCUT2D eigenvalue weighted by Gasteiger charge is -2.20. The van der Waals surface area contributed by atoms with Gasteiger partial charge in [-0.3, -0.25) is 4.98 Å². The molecule has 0 aliphatic carbocycles. The summed E-state index contributed by atoms with van der Waals surface area (Å²) in [5, 5.41) is 0.908. The first-order valence-corrected chi connectivity index (χ1v) is 11.0. The zero-order valence-corrected chi connectivity index (χ0v) is 19.4. The van der Waals surface area contributed by atoms with E-state index in [4.69, 9.17) is 43.1 Å². The second-order valence-corrected chi connectivity index (χ2v) is 8.65. The third kappa shape index (κ3) is 5.68. The van der Waals surface area contributed by atoms with Crippen molar-refractivity contribution in [2.24, 2.45) is 5.73 Å². The number of ether oxygens (including phenoxy) is 3. The largest absolute Gasteiger partial charge is 0.493 e. The van der Waals surface area contributed by atoms with Gasteiger partial charge in [-0.15, -0.1) is 11.3 Å². The van der Waals surface area contributed by atoms with Crippen LogP contribution in [0.4, 0.5) is 0 Å². The number of thiophene rings is 1. The lowest BCUT2D eigenvalue weighted by Crippen LogP contribution is -2.15. The highest BCUT2D eigenvalue weighted by Gasteiger charge is 2.21. The molecule has 0 bridgehead atoms. The number of carbonyl (C=O) groups excluding carboxylic acids is 1. The first-order chi connectivity index (χ1) is 15.0. The van der Waals surface area contributed by atoms with E-state index in [0.717, 1.165) is 16.0 Å². The molecule has 31 heavy (non-hydrogen) atoms. The minimum absolute atomic E-state index is 0.124. The van der Waals surface area contributed by atoms with Gasteiger partial charge in [0.2, 0.25) is 0 Å². The Labute approximate surface area is 194 Å². The average molecular weight is 481 g/mol. The summed E-state index contributed by atoms with van der Waals surface area (Å²) in [4.78, 5) is 18.0. The number of halogens is 2. The van der Waals surface area contributed by atoms with E-state index in [1.807, 2.05) is 24.3 Å². The molecular weight excluding hydrogens is 459 g/mol. The van der Waals surface area contributed by atoms with Crippen LogP contribution < -0.4 is 15.2 Å². The van der Waals surface area contributed by atoms with E-state index < -0.39 is 5.97 Å². The molecule has 0 spiro atoms. The molecule has 2 heterocycles. The number of esters is 1. The van der Waals surface area contributed by atoms with E-state index in [9.17, 15) is 4.79 Å². The van der Waals surface area contributed by atoms with E-state index >= 15 is 0 Å². The van der Waals surface area contributed by atoms with Gasteiger partial charge in [-0.2, -0.15) is 0 Å². The smallest absolute Gasteiger partial charge is 0.348 e. The highest BCUT2D eigenvalue weighted by Crippen LogP contribution is 2.35. The van der Waals surface area contributed by atoms with Crippen LogP contribution in [0.25, 0.3) is 0 Å². The van der Waals surface area contributed by atoms with Crippen LogP contribution in [0.5, 0.6) is 11.5 Å². The van der Waals surface area contributed by atoms with Crippen molar-refractivity contribution in [2.45, 2.75) is 18.9 Å². The molecule has 0 unspecified atom stereocenters. The van der Waals surface area contributed by atoms with Gasteiger partial charge in [0.05, 0.1) is 30.9 Å². The van der Waals surface area contributed by atoms with Gasteiger partial charge in [0.1, 0.15) is 4.88 Å². The fourth-order valence-corrected chi connectivity index (χ4v) is 4.40. The SMILES string of the molecule is COc1ccc([C@@H](COC(=O)c2ccc(CN)s2)Cc2c(Cl)cncc2Cl)cc1OC. The standard InChI is InChI=1S/C22H22Cl2N2O4S/c1-28-19-5-3-13(8-20(19)29-2)14(7-16-17(23)10-26-11-18(16)24)12-30-22(27)21-6-4-15(9-25)31-21/h3-6,8,10-11,14H,7,9,12,25H2,1-2H3/t14-/m1/s1. The monoisotopic (exact) mass is 480 g/mol. The maximum Gasteiger partial charge on any atom is 0.348 e. The Morgan fingerprint density at radius 1 is 1.10 bits per heavy atom. The molecule has 3 rings (SSSR count). The Morgan fingerprint density at radius 3 is 2.42 bits per heavy atom. The lowest BCUT2D eigenvalue weighted by molar-refractivity contribution is 0.0484. The average Bonchev–Trinajstić information content (AvgIpc) is 3.27. The van der Waals surface area contributed by atoms with Crippen molar-refractivity contribution in [2.75, 3.05) is 20.8 Å². The van der Waals surface area contributed by atoms with Gasteiger partial charge in [0.15, 0.2) is 11.5 Å². The van der Waals surface area contributed by atoms with E-state index in [-0.39, 0.29) is 12.5 Å². The number of hydrogen-bond acceptors (Lipinski definition) is 7. The summed E-state index contributed by atoms with van der Waals surface area (Å²) >= 11 is 14.0. The number of rotatable bonds is 9. The maximum atomic E-state index is 12.6. The fourth-order valence-electron chi connectivity index (χ4n) is 3.10. The summed E-state index contributed by atoms with van der Waals surface area (Å²) in [5.74, 6) is 0.557. The van der Waals surface area contributed by atoms with E-state index in [1.54, 1.807) is 32.7 Å². The molecule has 2 N–H and O–H groups in total. The number of methoxy groups -OCH3 is 2. The minimum atomic E-state index is -0.401. The van der Waals surface area contributed by atoms with Crippen LogP contribution in [0.15, 0.2) is 42.7 Å². The summed E-state index contributed by atoms with van der Waals surface area (Å²) in [5.41, 5.74) is 7.26. The molecule has 0 aliphatic heterocycles. The number of carbonyl (C=O) groups is 1.